The monoisotopic (exact) mass is 278 g/mol. The molecule has 1 saturated heterocycles. The van der Waals surface area contributed by atoms with Crippen LogP contribution in [0.4, 0.5) is 11.6 Å². The van der Waals surface area contributed by atoms with Crippen molar-refractivity contribution >= 4 is 23.4 Å². The summed E-state index contributed by atoms with van der Waals surface area (Å²) in [6.45, 7) is 2.12. The van der Waals surface area contributed by atoms with Crippen LogP contribution in [-0.2, 0) is 0 Å². The predicted molar refractivity (Wildman–Crippen MR) is 82.4 cm³/mol. The van der Waals surface area contributed by atoms with Gasteiger partial charge in [-0.3, -0.25) is 0 Å². The van der Waals surface area contributed by atoms with E-state index in [-0.39, 0.29) is 0 Å². The lowest BCUT2D eigenvalue weighted by Crippen LogP contribution is -2.33. The highest BCUT2D eigenvalue weighted by Crippen LogP contribution is 2.40. The van der Waals surface area contributed by atoms with E-state index >= 15 is 0 Å². The molecule has 3 rings (SSSR count). The van der Waals surface area contributed by atoms with E-state index in [2.05, 4.69) is 29.2 Å². The summed E-state index contributed by atoms with van der Waals surface area (Å²) < 4.78 is 0. The topological polar surface area (TPSA) is 41.1 Å². The van der Waals surface area contributed by atoms with Gasteiger partial charge in [-0.05, 0) is 31.9 Å². The number of aromatic nitrogens is 2. The summed E-state index contributed by atoms with van der Waals surface area (Å²) >= 11 is 2.04. The van der Waals surface area contributed by atoms with Gasteiger partial charge in [0.25, 0.3) is 0 Å². The molecule has 1 aromatic heterocycles. The number of hydrogen-bond donors (Lipinski definition) is 1. The maximum absolute atomic E-state index is 4.85. The number of nitrogens with zero attached hydrogens (tertiary/aromatic N) is 3. The second-order valence-electron chi connectivity index (χ2n) is 5.53. The highest BCUT2D eigenvalue weighted by molar-refractivity contribution is 7.99. The van der Waals surface area contributed by atoms with Crippen LogP contribution >= 0.6 is 11.8 Å². The Morgan fingerprint density at radius 2 is 2.05 bits per heavy atom. The van der Waals surface area contributed by atoms with Crippen LogP contribution in [0.2, 0.25) is 0 Å². The van der Waals surface area contributed by atoms with Crippen molar-refractivity contribution in [3.63, 3.8) is 0 Å². The molecule has 19 heavy (non-hydrogen) atoms. The van der Waals surface area contributed by atoms with Crippen LogP contribution in [0.3, 0.4) is 0 Å². The zero-order valence-electron chi connectivity index (χ0n) is 11.9. The van der Waals surface area contributed by atoms with Gasteiger partial charge >= 0.3 is 0 Å². The summed E-state index contributed by atoms with van der Waals surface area (Å²) in [4.78, 5) is 11.9. The summed E-state index contributed by atoms with van der Waals surface area (Å²) in [6.07, 6.45) is 3.75. The van der Waals surface area contributed by atoms with Crippen LogP contribution < -0.4 is 10.2 Å². The summed E-state index contributed by atoms with van der Waals surface area (Å²) in [5, 5.41) is 3.22. The minimum Gasteiger partial charge on any atom is -0.373 e. The molecule has 0 spiro atoms. The van der Waals surface area contributed by atoms with E-state index in [1.54, 1.807) is 0 Å². The summed E-state index contributed by atoms with van der Waals surface area (Å²) in [7, 11) is 4.13. The van der Waals surface area contributed by atoms with Gasteiger partial charge < -0.3 is 10.2 Å². The van der Waals surface area contributed by atoms with Gasteiger partial charge in [0.15, 0.2) is 0 Å². The average Bonchev–Trinajstić information content (AvgIpc) is 3.13. The van der Waals surface area contributed by atoms with Gasteiger partial charge in [-0.25, -0.2) is 9.97 Å². The molecule has 1 atom stereocenters. The Balaban J connectivity index is 1.95. The Labute approximate surface area is 119 Å². The standard InChI is InChI=1S/C14H22N4S/c1-9-12(15-2)16-13(10-4-5-10)17-14(9)18(3)11-6-7-19-8-11/h10-11H,4-8H2,1-3H3,(H,15,16,17). The second kappa shape index (κ2) is 5.19. The Morgan fingerprint density at radius 1 is 1.26 bits per heavy atom. The molecule has 0 aromatic carbocycles. The van der Waals surface area contributed by atoms with E-state index in [9.17, 15) is 0 Å². The van der Waals surface area contributed by atoms with Crippen molar-refractivity contribution in [2.24, 2.45) is 0 Å². The molecule has 2 aliphatic rings. The molecule has 0 amide bonds. The van der Waals surface area contributed by atoms with Gasteiger partial charge in [0.1, 0.15) is 17.5 Å². The lowest BCUT2D eigenvalue weighted by molar-refractivity contribution is 0.685. The highest BCUT2D eigenvalue weighted by atomic mass is 32.2. The molecule has 1 aromatic rings. The van der Waals surface area contributed by atoms with Crippen molar-refractivity contribution in [2.45, 2.75) is 38.1 Å². The zero-order chi connectivity index (χ0) is 13.4. The lowest BCUT2D eigenvalue weighted by atomic mass is 10.2. The van der Waals surface area contributed by atoms with Gasteiger partial charge in [-0.2, -0.15) is 11.8 Å². The predicted octanol–water partition coefficient (Wildman–Crippen LogP) is 2.65. The molecule has 1 aliphatic heterocycles. The van der Waals surface area contributed by atoms with E-state index < -0.39 is 0 Å². The molecule has 104 valence electrons. The summed E-state index contributed by atoms with van der Waals surface area (Å²) in [6, 6.07) is 0.621. The van der Waals surface area contributed by atoms with Crippen molar-refractivity contribution < 1.29 is 0 Å². The number of hydrogen-bond acceptors (Lipinski definition) is 5. The number of nitrogens with one attached hydrogen (secondary N) is 1. The zero-order valence-corrected chi connectivity index (χ0v) is 12.8. The van der Waals surface area contributed by atoms with Gasteiger partial charge in [0, 0.05) is 37.4 Å². The fraction of sp³-hybridized carbons (Fsp3) is 0.714. The van der Waals surface area contributed by atoms with Crippen LogP contribution in [-0.4, -0.2) is 41.6 Å². The van der Waals surface area contributed by atoms with Crippen molar-refractivity contribution in [2.75, 3.05) is 35.8 Å². The third-order valence-electron chi connectivity index (χ3n) is 4.10. The van der Waals surface area contributed by atoms with Crippen LogP contribution in [0, 0.1) is 6.92 Å². The first-order chi connectivity index (χ1) is 9.20. The van der Waals surface area contributed by atoms with E-state index in [4.69, 9.17) is 4.98 Å². The van der Waals surface area contributed by atoms with Gasteiger partial charge in [-0.15, -0.1) is 0 Å². The smallest absolute Gasteiger partial charge is 0.137 e. The van der Waals surface area contributed by atoms with Gasteiger partial charge in [0.2, 0.25) is 0 Å². The Hall–Kier alpha value is -0.970. The largest absolute Gasteiger partial charge is 0.373 e. The van der Waals surface area contributed by atoms with Crippen molar-refractivity contribution in [3.8, 4) is 0 Å². The third-order valence-corrected chi connectivity index (χ3v) is 5.25. The van der Waals surface area contributed by atoms with Crippen molar-refractivity contribution in [1.82, 2.24) is 9.97 Å². The average molecular weight is 278 g/mol. The fourth-order valence-corrected chi connectivity index (χ4v) is 3.90. The SMILES string of the molecule is CNc1nc(C2CC2)nc(N(C)C2CCSC2)c1C. The maximum atomic E-state index is 4.85. The van der Waals surface area contributed by atoms with Crippen LogP contribution in [0.15, 0.2) is 0 Å². The van der Waals surface area contributed by atoms with Crippen LogP contribution in [0.25, 0.3) is 0 Å². The summed E-state index contributed by atoms with van der Waals surface area (Å²) in [5.74, 6) is 6.22. The molecule has 1 unspecified atom stereocenters. The molecule has 1 N–H and O–H groups in total. The molecule has 2 heterocycles. The Kier molecular flexibility index (Phi) is 3.56. The Morgan fingerprint density at radius 3 is 2.63 bits per heavy atom. The third kappa shape index (κ3) is 2.53. The minimum absolute atomic E-state index is 0.595. The number of anilines is 2. The molecule has 5 heteroatoms. The Bertz CT molecular complexity index is 467. The van der Waals surface area contributed by atoms with Crippen molar-refractivity contribution in [3.05, 3.63) is 11.4 Å². The van der Waals surface area contributed by atoms with Crippen LogP contribution in [0.5, 0.6) is 0 Å². The van der Waals surface area contributed by atoms with E-state index in [0.717, 1.165) is 17.5 Å². The second-order valence-corrected chi connectivity index (χ2v) is 6.68. The molecule has 1 saturated carbocycles. The first-order valence-electron chi connectivity index (χ1n) is 7.07. The first-order valence-corrected chi connectivity index (χ1v) is 8.23. The molecule has 1 aliphatic carbocycles. The lowest BCUT2D eigenvalue weighted by Gasteiger charge is -2.27. The molecular weight excluding hydrogens is 256 g/mol. The summed E-state index contributed by atoms with van der Waals surface area (Å²) in [5.41, 5.74) is 1.17. The molecule has 4 nitrogen and oxygen atoms in total. The van der Waals surface area contributed by atoms with E-state index in [0.29, 0.717) is 12.0 Å². The molecule has 0 bridgehead atoms. The maximum Gasteiger partial charge on any atom is 0.137 e. The number of rotatable bonds is 4. The van der Waals surface area contributed by atoms with E-state index in [1.165, 1.54) is 36.3 Å². The van der Waals surface area contributed by atoms with Gasteiger partial charge in [-0.1, -0.05) is 0 Å². The molecular formula is C14H22N4S. The first kappa shape index (κ1) is 13.0. The molecule has 0 radical (unpaired) electrons. The van der Waals surface area contributed by atoms with E-state index in [1.807, 2.05) is 18.8 Å². The normalized spacial score (nSPS) is 22.6. The minimum atomic E-state index is 0.595. The fourth-order valence-electron chi connectivity index (χ4n) is 2.63. The highest BCUT2D eigenvalue weighted by Gasteiger charge is 2.30. The molecule has 2 fully saturated rings. The quantitative estimate of drug-likeness (QED) is 0.917. The number of thioether (sulfide) groups is 1. The van der Waals surface area contributed by atoms with Gasteiger partial charge in [0.05, 0.1) is 0 Å². The van der Waals surface area contributed by atoms with Crippen molar-refractivity contribution in [1.29, 1.82) is 0 Å². The van der Waals surface area contributed by atoms with Crippen LogP contribution in [0.1, 0.15) is 36.6 Å².